The van der Waals surface area contributed by atoms with E-state index >= 15 is 0 Å². The van der Waals surface area contributed by atoms with Crippen LogP contribution in [-0.2, 0) is 14.3 Å². The van der Waals surface area contributed by atoms with Gasteiger partial charge in [-0.05, 0) is 26.0 Å². The van der Waals surface area contributed by atoms with Gasteiger partial charge in [0.15, 0.2) is 18.5 Å². The Bertz CT molecular complexity index is 985. The number of carbonyl (C=O) groups is 2. The summed E-state index contributed by atoms with van der Waals surface area (Å²) in [5.74, 6) is 0.117. The third-order valence-electron chi connectivity index (χ3n) is 3.73. The Labute approximate surface area is 160 Å². The number of nitrogens with zero attached hydrogens (tertiary/aromatic N) is 1. The highest BCUT2D eigenvalue weighted by Crippen LogP contribution is 2.31. The molecule has 0 radical (unpaired) electrons. The van der Waals surface area contributed by atoms with Crippen molar-refractivity contribution in [3.63, 3.8) is 0 Å². The molecule has 7 nitrogen and oxygen atoms in total. The van der Waals surface area contributed by atoms with Crippen molar-refractivity contribution >= 4 is 40.1 Å². The van der Waals surface area contributed by atoms with Gasteiger partial charge in [-0.25, -0.2) is 4.79 Å². The van der Waals surface area contributed by atoms with Crippen LogP contribution in [-0.4, -0.2) is 29.7 Å². The number of hydrogen-bond acceptors (Lipinski definition) is 6. The van der Waals surface area contributed by atoms with E-state index in [1.807, 2.05) is 24.3 Å². The minimum atomic E-state index is -1.01. The van der Waals surface area contributed by atoms with Crippen molar-refractivity contribution in [3.05, 3.63) is 53.2 Å². The van der Waals surface area contributed by atoms with E-state index in [0.29, 0.717) is 16.5 Å². The van der Waals surface area contributed by atoms with Crippen LogP contribution >= 0.6 is 11.6 Å². The van der Waals surface area contributed by atoms with Crippen LogP contribution in [0.3, 0.4) is 0 Å². The first kappa shape index (κ1) is 18.7. The zero-order valence-corrected chi connectivity index (χ0v) is 15.4. The van der Waals surface area contributed by atoms with Crippen molar-refractivity contribution in [1.82, 2.24) is 5.16 Å². The van der Waals surface area contributed by atoms with Crippen LogP contribution in [0.5, 0.6) is 5.75 Å². The van der Waals surface area contributed by atoms with Gasteiger partial charge in [-0.2, -0.15) is 0 Å². The summed E-state index contributed by atoms with van der Waals surface area (Å²) in [5, 5.41) is 8.34. The van der Waals surface area contributed by atoms with E-state index in [2.05, 4.69) is 10.5 Å². The molecular weight excluding hydrogens is 372 g/mol. The molecule has 0 aliphatic carbocycles. The monoisotopic (exact) mass is 388 g/mol. The molecule has 0 saturated carbocycles. The average molecular weight is 389 g/mol. The Balaban J connectivity index is 1.57. The maximum absolute atomic E-state index is 12.0. The number of ether oxygens (including phenoxy) is 2. The summed E-state index contributed by atoms with van der Waals surface area (Å²) >= 11 is 6.16. The normalized spacial score (nSPS) is 11.8. The third kappa shape index (κ3) is 4.57. The molecule has 2 aromatic carbocycles. The molecule has 1 heterocycles. The molecule has 27 heavy (non-hydrogen) atoms. The number of aromatic nitrogens is 1. The molecule has 0 saturated heterocycles. The van der Waals surface area contributed by atoms with E-state index in [1.165, 1.54) is 6.92 Å². The Morgan fingerprint density at radius 2 is 1.96 bits per heavy atom. The lowest BCUT2D eigenvalue weighted by molar-refractivity contribution is -0.155. The highest BCUT2D eigenvalue weighted by atomic mass is 35.5. The number of carbonyl (C=O) groups excluding carboxylic acids is 2. The van der Waals surface area contributed by atoms with Crippen LogP contribution in [0.15, 0.2) is 47.0 Å². The lowest BCUT2D eigenvalue weighted by Gasteiger charge is -2.13. The molecule has 140 valence electrons. The maximum atomic E-state index is 12.0. The molecule has 1 atom stereocenters. The number of anilines is 1. The van der Waals surface area contributed by atoms with E-state index in [9.17, 15) is 9.59 Å². The van der Waals surface area contributed by atoms with E-state index < -0.39 is 18.0 Å². The first-order valence-corrected chi connectivity index (χ1v) is 8.55. The van der Waals surface area contributed by atoms with Crippen LogP contribution in [0.25, 0.3) is 10.8 Å². The van der Waals surface area contributed by atoms with Crippen molar-refractivity contribution in [3.8, 4) is 5.75 Å². The fraction of sp³-hybridized carbons (Fsp3) is 0.211. The minimum absolute atomic E-state index is 0.254. The van der Waals surface area contributed by atoms with E-state index in [-0.39, 0.29) is 12.4 Å². The number of halogens is 1. The molecule has 8 heteroatoms. The molecule has 0 spiro atoms. The lowest BCUT2D eigenvalue weighted by atomic mass is 10.1. The fourth-order valence-electron chi connectivity index (χ4n) is 2.44. The van der Waals surface area contributed by atoms with E-state index in [1.54, 1.807) is 25.1 Å². The second-order valence-corrected chi connectivity index (χ2v) is 6.23. The predicted molar refractivity (Wildman–Crippen MR) is 99.9 cm³/mol. The lowest BCUT2D eigenvalue weighted by Crippen LogP contribution is -2.31. The standard InChI is InChI=1S/C19H17ClN2O5/c1-11-9-17(22-27-11)21-19(24)12(2)26-18(23)10-25-16-8-7-15(20)13-5-3-4-6-14(13)16/h3-9,12H,10H2,1-2H3,(H,21,22,24)/t12-/m0/s1. The van der Waals surface area contributed by atoms with Gasteiger partial charge >= 0.3 is 5.97 Å². The van der Waals surface area contributed by atoms with E-state index in [4.69, 9.17) is 25.6 Å². The first-order valence-electron chi connectivity index (χ1n) is 8.18. The smallest absolute Gasteiger partial charge is 0.344 e. The van der Waals surface area contributed by atoms with Gasteiger partial charge in [-0.15, -0.1) is 0 Å². The molecule has 0 bridgehead atoms. The topological polar surface area (TPSA) is 90.7 Å². The number of hydrogen-bond donors (Lipinski definition) is 1. The summed E-state index contributed by atoms with van der Waals surface area (Å²) in [6.07, 6.45) is -1.01. The number of esters is 1. The Kier molecular flexibility index (Phi) is 5.61. The number of aryl methyl sites for hydroxylation is 1. The summed E-state index contributed by atoms with van der Waals surface area (Å²) in [7, 11) is 0. The molecule has 3 aromatic rings. The predicted octanol–water partition coefficient (Wildman–Crippen LogP) is 3.74. The minimum Gasteiger partial charge on any atom is -0.481 e. The largest absolute Gasteiger partial charge is 0.481 e. The van der Waals surface area contributed by atoms with Gasteiger partial charge in [0.05, 0.1) is 0 Å². The number of amides is 1. The molecule has 0 aliphatic rings. The van der Waals surface area contributed by atoms with Gasteiger partial charge in [0.2, 0.25) is 0 Å². The average Bonchev–Trinajstić information content (AvgIpc) is 3.06. The molecule has 0 aliphatic heterocycles. The fourth-order valence-corrected chi connectivity index (χ4v) is 2.66. The van der Waals surface area contributed by atoms with Gasteiger partial charge in [-0.1, -0.05) is 41.0 Å². The summed E-state index contributed by atoms with van der Waals surface area (Å²) in [6, 6.07) is 12.4. The van der Waals surface area contributed by atoms with Gasteiger partial charge in [0.25, 0.3) is 5.91 Å². The van der Waals surface area contributed by atoms with Crippen LogP contribution in [0.2, 0.25) is 5.02 Å². The molecule has 0 fully saturated rings. The molecule has 0 unspecified atom stereocenters. The summed E-state index contributed by atoms with van der Waals surface area (Å²) in [5.41, 5.74) is 0. The van der Waals surface area contributed by atoms with E-state index in [0.717, 1.165) is 10.8 Å². The zero-order chi connectivity index (χ0) is 19.4. The molecular formula is C19H17ClN2O5. The highest BCUT2D eigenvalue weighted by molar-refractivity contribution is 6.35. The summed E-state index contributed by atoms with van der Waals surface area (Å²) < 4.78 is 15.5. The molecule has 1 amide bonds. The second-order valence-electron chi connectivity index (χ2n) is 5.82. The van der Waals surface area contributed by atoms with Crippen molar-refractivity contribution in [2.75, 3.05) is 11.9 Å². The summed E-state index contributed by atoms with van der Waals surface area (Å²) in [4.78, 5) is 24.0. The van der Waals surface area contributed by atoms with Crippen LogP contribution in [0.1, 0.15) is 12.7 Å². The van der Waals surface area contributed by atoms with Crippen LogP contribution < -0.4 is 10.1 Å². The summed E-state index contributed by atoms with van der Waals surface area (Å²) in [6.45, 7) is 2.81. The van der Waals surface area contributed by atoms with Crippen molar-refractivity contribution in [2.45, 2.75) is 20.0 Å². The van der Waals surface area contributed by atoms with Crippen molar-refractivity contribution < 1.29 is 23.6 Å². The second kappa shape index (κ2) is 8.09. The maximum Gasteiger partial charge on any atom is 0.344 e. The Morgan fingerprint density at radius 1 is 1.22 bits per heavy atom. The first-order chi connectivity index (χ1) is 12.9. The molecule has 1 aromatic heterocycles. The van der Waals surface area contributed by atoms with Gasteiger partial charge < -0.3 is 19.3 Å². The quantitative estimate of drug-likeness (QED) is 0.647. The van der Waals surface area contributed by atoms with Crippen molar-refractivity contribution in [1.29, 1.82) is 0 Å². The number of fused-ring (bicyclic) bond motifs is 1. The van der Waals surface area contributed by atoms with Gasteiger partial charge in [0.1, 0.15) is 11.5 Å². The third-order valence-corrected chi connectivity index (χ3v) is 4.06. The van der Waals surface area contributed by atoms with Crippen LogP contribution in [0, 0.1) is 6.92 Å². The SMILES string of the molecule is Cc1cc(NC(=O)[C@H](C)OC(=O)COc2ccc(Cl)c3ccccc23)no1. The van der Waals surface area contributed by atoms with Crippen LogP contribution in [0.4, 0.5) is 5.82 Å². The van der Waals surface area contributed by atoms with Gasteiger partial charge in [-0.3, -0.25) is 4.79 Å². The Hall–Kier alpha value is -3.06. The number of rotatable bonds is 6. The van der Waals surface area contributed by atoms with Crippen molar-refractivity contribution in [2.24, 2.45) is 0 Å². The number of benzene rings is 2. The zero-order valence-electron chi connectivity index (χ0n) is 14.7. The Morgan fingerprint density at radius 3 is 2.67 bits per heavy atom. The number of nitrogens with one attached hydrogen (secondary N) is 1. The highest BCUT2D eigenvalue weighted by Gasteiger charge is 2.19. The molecule has 1 N–H and O–H groups in total. The molecule has 3 rings (SSSR count). The van der Waals surface area contributed by atoms with Gasteiger partial charge in [0, 0.05) is 21.9 Å².